The Kier molecular flexibility index (Phi) is 6.60. The molecule has 0 radical (unpaired) electrons. The Morgan fingerprint density at radius 1 is 1.09 bits per heavy atom. The lowest BCUT2D eigenvalue weighted by Gasteiger charge is -2.19. The van der Waals surface area contributed by atoms with E-state index in [0.717, 1.165) is 21.3 Å². The molecule has 2 aromatic heterocycles. The van der Waals surface area contributed by atoms with Gasteiger partial charge in [0, 0.05) is 6.92 Å². The molecule has 0 aliphatic heterocycles. The van der Waals surface area contributed by atoms with Crippen LogP contribution in [0, 0.1) is 0 Å². The number of thiazole rings is 1. The van der Waals surface area contributed by atoms with Gasteiger partial charge in [-0.2, -0.15) is 0 Å². The van der Waals surface area contributed by atoms with E-state index in [2.05, 4.69) is 44.0 Å². The number of benzene rings is 2. The molecule has 0 saturated heterocycles. The molecule has 2 N–H and O–H groups in total. The van der Waals surface area contributed by atoms with Crippen LogP contribution >= 0.6 is 11.3 Å². The fourth-order valence-corrected chi connectivity index (χ4v) is 4.28. The topological polar surface area (TPSA) is 119 Å². The highest BCUT2D eigenvalue weighted by Crippen LogP contribution is 2.32. The van der Waals surface area contributed by atoms with Crippen molar-refractivity contribution in [1.82, 2.24) is 25.8 Å². The van der Waals surface area contributed by atoms with Crippen molar-refractivity contribution in [2.75, 3.05) is 0 Å². The number of amides is 2. The second kappa shape index (κ2) is 9.60. The van der Waals surface area contributed by atoms with Crippen LogP contribution in [0.15, 0.2) is 52.9 Å². The summed E-state index contributed by atoms with van der Waals surface area (Å²) in [6.45, 7) is 6.73. The Morgan fingerprint density at radius 3 is 2.56 bits per heavy atom. The maximum absolute atomic E-state index is 11.9. The number of nitrogens with zero attached hydrogens (tertiary/aromatic N) is 3. The highest BCUT2D eigenvalue weighted by Gasteiger charge is 2.26. The quantitative estimate of drug-likeness (QED) is 0.415. The smallest absolute Gasteiger partial charge is 0.408 e. The summed E-state index contributed by atoms with van der Waals surface area (Å²) in [5, 5.41) is 14.1. The molecular formula is C24H25N5O4S. The summed E-state index contributed by atoms with van der Waals surface area (Å²) >= 11 is 1.44. The number of rotatable bonds is 6. The Hall–Kier alpha value is -3.79. The lowest BCUT2D eigenvalue weighted by Crippen LogP contribution is -2.32. The van der Waals surface area contributed by atoms with Gasteiger partial charge in [0.2, 0.25) is 17.7 Å². The zero-order valence-corrected chi connectivity index (χ0v) is 20.1. The van der Waals surface area contributed by atoms with Crippen molar-refractivity contribution >= 4 is 33.6 Å². The van der Waals surface area contributed by atoms with Crippen molar-refractivity contribution in [2.45, 2.75) is 45.9 Å². The number of carbonyl (C=O) groups excluding carboxylic acids is 2. The van der Waals surface area contributed by atoms with Gasteiger partial charge in [0.05, 0.1) is 16.8 Å². The summed E-state index contributed by atoms with van der Waals surface area (Å²) in [6.07, 6.45) is -0.592. The van der Waals surface area contributed by atoms with Crippen LogP contribution in [0.4, 0.5) is 4.79 Å². The number of ether oxygens (including phenoxy) is 1. The number of carbonyl (C=O) groups is 2. The largest absolute Gasteiger partial charge is 0.444 e. The van der Waals surface area contributed by atoms with Crippen molar-refractivity contribution in [3.05, 3.63) is 65.3 Å². The summed E-state index contributed by atoms with van der Waals surface area (Å²) in [7, 11) is 0. The van der Waals surface area contributed by atoms with Gasteiger partial charge in [0.15, 0.2) is 6.04 Å². The van der Waals surface area contributed by atoms with Crippen LogP contribution in [0.3, 0.4) is 0 Å². The molecule has 9 nitrogen and oxygen atoms in total. The van der Waals surface area contributed by atoms with Gasteiger partial charge < -0.3 is 19.8 Å². The van der Waals surface area contributed by atoms with Crippen molar-refractivity contribution in [3.63, 3.8) is 0 Å². The normalized spacial score (nSPS) is 12.4. The van der Waals surface area contributed by atoms with E-state index < -0.39 is 17.7 Å². The van der Waals surface area contributed by atoms with Crippen molar-refractivity contribution in [1.29, 1.82) is 0 Å². The Morgan fingerprint density at radius 2 is 1.85 bits per heavy atom. The summed E-state index contributed by atoms with van der Waals surface area (Å²) in [5.41, 5.74) is 2.37. The number of hydrogen-bond acceptors (Lipinski definition) is 8. The number of alkyl carbamates (subject to hydrolysis) is 1. The van der Waals surface area contributed by atoms with Gasteiger partial charge >= 0.3 is 6.09 Å². The first-order valence-electron chi connectivity index (χ1n) is 10.7. The standard InChI is InChI=1S/C24H25N5O4S/c1-14(30)26-20(21-29-28-19(32-21)13-25-23(31)33-24(2,3)4)22-27-17-11-10-16(12-18(17)34-22)15-8-6-5-7-9-15/h5-12,20H,13H2,1-4H3,(H,25,31)(H,26,30). The first kappa shape index (κ1) is 23.4. The fourth-order valence-electron chi connectivity index (χ4n) is 3.23. The zero-order chi connectivity index (χ0) is 24.3. The summed E-state index contributed by atoms with van der Waals surface area (Å²) in [6, 6.07) is 15.4. The number of fused-ring (bicyclic) bond motifs is 1. The number of hydrogen-bond donors (Lipinski definition) is 2. The van der Waals surface area contributed by atoms with Gasteiger partial charge in [-0.25, -0.2) is 9.78 Å². The van der Waals surface area contributed by atoms with E-state index in [1.54, 1.807) is 20.8 Å². The van der Waals surface area contributed by atoms with Crippen LogP contribution < -0.4 is 10.6 Å². The van der Waals surface area contributed by atoms with Crippen LogP contribution in [0.2, 0.25) is 0 Å². The minimum absolute atomic E-state index is 0.00498. The molecule has 4 rings (SSSR count). The Labute approximate surface area is 200 Å². The minimum Gasteiger partial charge on any atom is -0.444 e. The van der Waals surface area contributed by atoms with Gasteiger partial charge in [-0.05, 0) is 44.0 Å². The molecule has 0 bridgehead atoms. The van der Waals surface area contributed by atoms with Gasteiger partial charge in [0.25, 0.3) is 0 Å². The number of aromatic nitrogens is 3. The molecule has 2 amide bonds. The fraction of sp³-hybridized carbons (Fsp3) is 0.292. The Balaban J connectivity index is 1.56. The highest BCUT2D eigenvalue weighted by atomic mass is 32.1. The van der Waals surface area contributed by atoms with E-state index in [4.69, 9.17) is 9.15 Å². The highest BCUT2D eigenvalue weighted by molar-refractivity contribution is 7.18. The molecule has 10 heteroatoms. The van der Waals surface area contributed by atoms with E-state index in [1.165, 1.54) is 18.3 Å². The maximum atomic E-state index is 11.9. The molecule has 0 fully saturated rings. The van der Waals surface area contributed by atoms with Gasteiger partial charge in [-0.15, -0.1) is 21.5 Å². The predicted octanol–water partition coefficient (Wildman–Crippen LogP) is 4.60. The van der Waals surface area contributed by atoms with E-state index in [-0.39, 0.29) is 24.2 Å². The summed E-state index contributed by atoms with van der Waals surface area (Å²) < 4.78 is 11.9. The lowest BCUT2D eigenvalue weighted by molar-refractivity contribution is -0.119. The van der Waals surface area contributed by atoms with E-state index >= 15 is 0 Å². The van der Waals surface area contributed by atoms with Crippen LogP contribution in [0.25, 0.3) is 21.3 Å². The first-order chi connectivity index (χ1) is 16.2. The van der Waals surface area contributed by atoms with Gasteiger partial charge in [0.1, 0.15) is 10.6 Å². The van der Waals surface area contributed by atoms with Gasteiger partial charge in [-0.1, -0.05) is 36.4 Å². The molecule has 4 aromatic rings. The van der Waals surface area contributed by atoms with Crippen LogP contribution in [-0.4, -0.2) is 32.8 Å². The third kappa shape index (κ3) is 5.76. The third-order valence-corrected chi connectivity index (χ3v) is 5.70. The Bertz CT molecular complexity index is 1310. The van der Waals surface area contributed by atoms with Crippen molar-refractivity contribution in [3.8, 4) is 11.1 Å². The first-order valence-corrected chi connectivity index (χ1v) is 11.5. The molecule has 2 aromatic carbocycles. The molecule has 1 unspecified atom stereocenters. The molecule has 0 aliphatic rings. The SMILES string of the molecule is CC(=O)NC(c1nnc(CNC(=O)OC(C)(C)C)o1)c1nc2ccc(-c3ccccc3)cc2s1. The minimum atomic E-state index is -0.710. The average molecular weight is 480 g/mol. The average Bonchev–Trinajstić information content (AvgIpc) is 3.42. The second-order valence-corrected chi connectivity index (χ2v) is 9.69. The molecule has 1 atom stereocenters. The van der Waals surface area contributed by atoms with Gasteiger partial charge in [-0.3, -0.25) is 4.79 Å². The van der Waals surface area contributed by atoms with E-state index in [9.17, 15) is 9.59 Å². The molecule has 0 saturated carbocycles. The molecule has 176 valence electrons. The van der Waals surface area contributed by atoms with Crippen LogP contribution in [0.1, 0.15) is 50.5 Å². The molecule has 0 aliphatic carbocycles. The summed E-state index contributed by atoms with van der Waals surface area (Å²) in [4.78, 5) is 28.5. The zero-order valence-electron chi connectivity index (χ0n) is 19.3. The molecule has 2 heterocycles. The number of nitrogens with one attached hydrogen (secondary N) is 2. The second-order valence-electron chi connectivity index (χ2n) is 8.62. The van der Waals surface area contributed by atoms with Crippen LogP contribution in [-0.2, 0) is 16.1 Å². The maximum Gasteiger partial charge on any atom is 0.408 e. The van der Waals surface area contributed by atoms with E-state index in [1.807, 2.05) is 30.3 Å². The lowest BCUT2D eigenvalue weighted by atomic mass is 10.1. The van der Waals surface area contributed by atoms with Crippen LogP contribution in [0.5, 0.6) is 0 Å². The summed E-state index contributed by atoms with van der Waals surface area (Å²) in [5.74, 6) is 0.100. The predicted molar refractivity (Wildman–Crippen MR) is 128 cm³/mol. The third-order valence-electron chi connectivity index (χ3n) is 4.62. The molecule has 0 spiro atoms. The monoisotopic (exact) mass is 479 g/mol. The van der Waals surface area contributed by atoms with Crippen molar-refractivity contribution in [2.24, 2.45) is 0 Å². The molecular weight excluding hydrogens is 454 g/mol. The van der Waals surface area contributed by atoms with Crippen molar-refractivity contribution < 1.29 is 18.7 Å². The van der Waals surface area contributed by atoms with E-state index in [0.29, 0.717) is 5.01 Å². The molecule has 34 heavy (non-hydrogen) atoms.